The molecule has 2 aromatic heterocycles. The Bertz CT molecular complexity index is 608. The number of hydrogen-bond donors (Lipinski definition) is 1. The molecule has 2 aromatic rings. The Kier molecular flexibility index (Phi) is 3.86. The summed E-state index contributed by atoms with van der Waals surface area (Å²) in [5, 5.41) is 3.51. The van der Waals surface area contributed by atoms with Crippen LogP contribution in [0.4, 0.5) is 13.2 Å². The molecule has 2 rings (SSSR count). The van der Waals surface area contributed by atoms with E-state index in [0.29, 0.717) is 11.4 Å². The van der Waals surface area contributed by atoms with Crippen LogP contribution in [-0.4, -0.2) is 28.4 Å². The van der Waals surface area contributed by atoms with Gasteiger partial charge in [-0.3, -0.25) is 0 Å². The average Bonchev–Trinajstić information content (AvgIpc) is 2.87. The fraction of sp³-hybridized carbons (Fsp3) is 0.417. The summed E-state index contributed by atoms with van der Waals surface area (Å²) in [7, 11) is 1.48. The number of aromatic nitrogens is 3. The Morgan fingerprint density at radius 3 is 2.57 bits per heavy atom. The maximum atomic E-state index is 12.8. The summed E-state index contributed by atoms with van der Waals surface area (Å²) in [6.07, 6.45) is -2.99. The summed E-state index contributed by atoms with van der Waals surface area (Å²) < 4.78 is 47.8. The number of methoxy groups -OCH3 is 1. The van der Waals surface area contributed by atoms with Gasteiger partial charge in [0, 0.05) is 18.7 Å². The fourth-order valence-electron chi connectivity index (χ4n) is 1.48. The molecule has 1 atom stereocenters. The lowest BCUT2D eigenvalue weighted by Crippen LogP contribution is -2.48. The molecule has 0 aliphatic heterocycles. The Balaban J connectivity index is 2.16. The molecule has 0 aromatic carbocycles. The predicted molar refractivity (Wildman–Crippen MR) is 65.5 cm³/mol. The second-order valence-corrected chi connectivity index (χ2v) is 4.60. The Labute approximate surface area is 118 Å². The monoisotopic (exact) mass is 302 g/mol. The minimum Gasteiger partial charge on any atom is -0.481 e. The van der Waals surface area contributed by atoms with E-state index in [0.717, 1.165) is 6.92 Å². The number of halogens is 3. The van der Waals surface area contributed by atoms with E-state index >= 15 is 0 Å². The standard InChI is InChI=1S/C12H13F3N4O2/c1-11(16,12(13,14)15)10-18-8(19-21-10)5-7-3-4-9(20-2)17-6-7/h3-4,6H,5,16H2,1-2H3. The molecule has 0 radical (unpaired) electrons. The highest BCUT2D eigenvalue weighted by Crippen LogP contribution is 2.35. The largest absolute Gasteiger partial charge is 0.481 e. The van der Waals surface area contributed by atoms with Gasteiger partial charge in [0.05, 0.1) is 7.11 Å². The van der Waals surface area contributed by atoms with Crippen molar-refractivity contribution in [2.45, 2.75) is 25.1 Å². The SMILES string of the molecule is COc1ccc(Cc2noc(C(C)(N)C(F)(F)F)n2)cn1. The van der Waals surface area contributed by atoms with Crippen LogP contribution in [0.2, 0.25) is 0 Å². The van der Waals surface area contributed by atoms with E-state index < -0.39 is 17.6 Å². The smallest absolute Gasteiger partial charge is 0.415 e. The molecule has 1 unspecified atom stereocenters. The third-order valence-corrected chi connectivity index (χ3v) is 2.87. The van der Waals surface area contributed by atoms with Gasteiger partial charge in [-0.05, 0) is 12.5 Å². The van der Waals surface area contributed by atoms with Gasteiger partial charge in [0.15, 0.2) is 11.4 Å². The molecule has 0 spiro atoms. The quantitative estimate of drug-likeness (QED) is 0.926. The van der Waals surface area contributed by atoms with Crippen LogP contribution in [-0.2, 0) is 12.0 Å². The second kappa shape index (κ2) is 5.32. The highest BCUT2D eigenvalue weighted by molar-refractivity contribution is 5.20. The Morgan fingerprint density at radius 1 is 1.33 bits per heavy atom. The van der Waals surface area contributed by atoms with Gasteiger partial charge in [-0.15, -0.1) is 0 Å². The molecule has 0 saturated heterocycles. The molecule has 0 saturated carbocycles. The van der Waals surface area contributed by atoms with Crippen LogP contribution >= 0.6 is 0 Å². The minimum atomic E-state index is -4.68. The lowest BCUT2D eigenvalue weighted by Gasteiger charge is -2.22. The van der Waals surface area contributed by atoms with E-state index in [4.69, 9.17) is 10.5 Å². The van der Waals surface area contributed by atoms with Crippen molar-refractivity contribution in [1.29, 1.82) is 0 Å². The lowest BCUT2D eigenvalue weighted by atomic mass is 10.0. The van der Waals surface area contributed by atoms with E-state index in [-0.39, 0.29) is 12.2 Å². The number of nitrogens with two attached hydrogens (primary N) is 1. The van der Waals surface area contributed by atoms with E-state index in [1.165, 1.54) is 13.3 Å². The number of nitrogens with zero attached hydrogens (tertiary/aromatic N) is 3. The van der Waals surface area contributed by atoms with Crippen molar-refractivity contribution in [3.8, 4) is 5.88 Å². The number of rotatable bonds is 4. The first kappa shape index (κ1) is 15.2. The third-order valence-electron chi connectivity index (χ3n) is 2.87. The van der Waals surface area contributed by atoms with Crippen LogP contribution in [0, 0.1) is 0 Å². The molecule has 0 aliphatic rings. The van der Waals surface area contributed by atoms with Crippen molar-refractivity contribution in [2.75, 3.05) is 7.11 Å². The van der Waals surface area contributed by atoms with Crippen molar-refractivity contribution < 1.29 is 22.4 Å². The van der Waals surface area contributed by atoms with Crippen molar-refractivity contribution in [1.82, 2.24) is 15.1 Å². The maximum absolute atomic E-state index is 12.8. The van der Waals surface area contributed by atoms with Gasteiger partial charge in [-0.2, -0.15) is 18.2 Å². The molecule has 2 N–H and O–H groups in total. The predicted octanol–water partition coefficient (Wildman–Crippen LogP) is 1.80. The normalized spacial score (nSPS) is 14.8. The lowest BCUT2D eigenvalue weighted by molar-refractivity contribution is -0.190. The van der Waals surface area contributed by atoms with Gasteiger partial charge in [0.25, 0.3) is 5.89 Å². The number of alkyl halides is 3. The zero-order chi connectivity index (χ0) is 15.7. The van der Waals surface area contributed by atoms with Crippen LogP contribution < -0.4 is 10.5 Å². The van der Waals surface area contributed by atoms with E-state index in [2.05, 4.69) is 19.6 Å². The van der Waals surface area contributed by atoms with Crippen LogP contribution in [0.1, 0.15) is 24.2 Å². The summed E-state index contributed by atoms with van der Waals surface area (Å²) >= 11 is 0. The summed E-state index contributed by atoms with van der Waals surface area (Å²) in [5.41, 5.74) is 3.23. The van der Waals surface area contributed by atoms with Crippen molar-refractivity contribution in [2.24, 2.45) is 5.73 Å². The highest BCUT2D eigenvalue weighted by atomic mass is 19.4. The summed E-state index contributed by atoms with van der Waals surface area (Å²) in [4.78, 5) is 7.68. The summed E-state index contributed by atoms with van der Waals surface area (Å²) in [6.45, 7) is 0.777. The van der Waals surface area contributed by atoms with Gasteiger partial charge in [-0.1, -0.05) is 11.2 Å². The van der Waals surface area contributed by atoms with Crippen LogP contribution in [0.5, 0.6) is 5.88 Å². The molecule has 21 heavy (non-hydrogen) atoms. The number of pyridine rings is 1. The third kappa shape index (κ3) is 3.13. The number of hydrogen-bond acceptors (Lipinski definition) is 6. The molecule has 0 amide bonds. The van der Waals surface area contributed by atoms with Gasteiger partial charge < -0.3 is 15.0 Å². The van der Waals surface area contributed by atoms with E-state index in [1.807, 2.05) is 0 Å². The van der Waals surface area contributed by atoms with E-state index in [1.54, 1.807) is 12.1 Å². The van der Waals surface area contributed by atoms with Crippen molar-refractivity contribution in [3.63, 3.8) is 0 Å². The average molecular weight is 302 g/mol. The van der Waals surface area contributed by atoms with Crippen LogP contribution in [0.3, 0.4) is 0 Å². The first-order chi connectivity index (χ1) is 9.74. The molecular formula is C12H13F3N4O2. The molecular weight excluding hydrogens is 289 g/mol. The zero-order valence-electron chi connectivity index (χ0n) is 11.3. The fourth-order valence-corrected chi connectivity index (χ4v) is 1.48. The summed E-state index contributed by atoms with van der Waals surface area (Å²) in [5.74, 6) is -0.150. The first-order valence-electron chi connectivity index (χ1n) is 5.91. The first-order valence-corrected chi connectivity index (χ1v) is 5.91. The van der Waals surface area contributed by atoms with Gasteiger partial charge in [-0.25, -0.2) is 4.98 Å². The molecule has 0 aliphatic carbocycles. The van der Waals surface area contributed by atoms with Crippen molar-refractivity contribution in [3.05, 3.63) is 35.6 Å². The maximum Gasteiger partial charge on any atom is 0.415 e. The Hall–Kier alpha value is -2.16. The van der Waals surface area contributed by atoms with Crippen LogP contribution in [0.15, 0.2) is 22.9 Å². The summed E-state index contributed by atoms with van der Waals surface area (Å²) in [6, 6.07) is 3.33. The molecule has 0 bridgehead atoms. The number of ether oxygens (including phenoxy) is 1. The molecule has 0 fully saturated rings. The zero-order valence-corrected chi connectivity index (χ0v) is 11.3. The van der Waals surface area contributed by atoms with E-state index in [9.17, 15) is 13.2 Å². The highest BCUT2D eigenvalue weighted by Gasteiger charge is 2.53. The minimum absolute atomic E-state index is 0.0953. The van der Waals surface area contributed by atoms with Gasteiger partial charge in [0.1, 0.15) is 0 Å². The molecule has 9 heteroatoms. The van der Waals surface area contributed by atoms with Gasteiger partial charge in [0.2, 0.25) is 5.88 Å². The topological polar surface area (TPSA) is 87.1 Å². The second-order valence-electron chi connectivity index (χ2n) is 4.60. The molecule has 6 nitrogen and oxygen atoms in total. The molecule has 2 heterocycles. The molecule has 114 valence electrons. The van der Waals surface area contributed by atoms with Crippen LogP contribution in [0.25, 0.3) is 0 Å². The van der Waals surface area contributed by atoms with Crippen molar-refractivity contribution >= 4 is 0 Å². The van der Waals surface area contributed by atoms with Gasteiger partial charge >= 0.3 is 6.18 Å². The Morgan fingerprint density at radius 2 is 2.05 bits per heavy atom.